The van der Waals surface area contributed by atoms with Crippen molar-refractivity contribution in [2.45, 2.75) is 50.2 Å². The number of urea groups is 1. The van der Waals surface area contributed by atoms with Crippen LogP contribution in [0.2, 0.25) is 0 Å². The van der Waals surface area contributed by atoms with Crippen LogP contribution in [0.15, 0.2) is 24.3 Å². The number of nitrogens with one attached hydrogen (secondary N) is 1. The highest BCUT2D eigenvalue weighted by atomic mass is 16.5. The van der Waals surface area contributed by atoms with E-state index < -0.39 is 23.6 Å². The summed E-state index contributed by atoms with van der Waals surface area (Å²) in [6, 6.07) is 5.22. The predicted octanol–water partition coefficient (Wildman–Crippen LogP) is 1.66. The Balaban J connectivity index is 1.40. The highest BCUT2D eigenvalue weighted by Crippen LogP contribution is 2.40. The number of fused-ring (bicyclic) bond motifs is 1. The van der Waals surface area contributed by atoms with E-state index in [-0.39, 0.29) is 18.2 Å². The number of aliphatic hydroxyl groups is 1. The molecule has 4 rings (SSSR count). The smallest absolute Gasteiger partial charge is 0.329 e. The van der Waals surface area contributed by atoms with Crippen molar-refractivity contribution in [2.24, 2.45) is 5.92 Å². The van der Waals surface area contributed by atoms with E-state index in [1.54, 1.807) is 36.3 Å². The molecular formula is C21H27N3O5. The van der Waals surface area contributed by atoms with Gasteiger partial charge in [-0.2, -0.15) is 0 Å². The van der Waals surface area contributed by atoms with E-state index in [9.17, 15) is 19.5 Å². The van der Waals surface area contributed by atoms with E-state index >= 15 is 0 Å². The zero-order chi connectivity index (χ0) is 20.6. The lowest BCUT2D eigenvalue weighted by Gasteiger charge is -2.47. The van der Waals surface area contributed by atoms with E-state index in [0.29, 0.717) is 30.9 Å². The summed E-state index contributed by atoms with van der Waals surface area (Å²) < 4.78 is 5.10. The summed E-state index contributed by atoms with van der Waals surface area (Å²) in [5.41, 5.74) is -0.217. The van der Waals surface area contributed by atoms with Crippen LogP contribution >= 0.6 is 0 Å². The Kier molecular flexibility index (Phi) is 5.21. The lowest BCUT2D eigenvalue weighted by atomic mass is 9.71. The fraction of sp³-hybridized carbons (Fsp3) is 0.571. The van der Waals surface area contributed by atoms with Gasteiger partial charge in [-0.1, -0.05) is 12.8 Å². The standard InChI is InChI=1S/C21H27N3O5/c1-29-16-7-5-15(6-8-16)24-19(26)17(22-20(24)27)12-18(25)23-11-10-21(28)9-3-2-4-14(21)13-23/h5-8,14,17,28H,2-4,9-13H2,1H3,(H,22,27)/t14-,17+,21+/m0/s1. The molecule has 0 bridgehead atoms. The molecule has 1 aromatic rings. The Morgan fingerprint density at radius 2 is 2.00 bits per heavy atom. The molecule has 1 aromatic carbocycles. The largest absolute Gasteiger partial charge is 0.497 e. The minimum absolute atomic E-state index is 0.0671. The van der Waals surface area contributed by atoms with Gasteiger partial charge in [0.25, 0.3) is 5.91 Å². The Bertz CT molecular complexity index is 811. The van der Waals surface area contributed by atoms with Gasteiger partial charge in [0.1, 0.15) is 11.8 Å². The van der Waals surface area contributed by atoms with Crippen molar-refractivity contribution in [3.8, 4) is 5.75 Å². The van der Waals surface area contributed by atoms with Crippen LogP contribution in [0.4, 0.5) is 10.5 Å². The molecule has 8 nitrogen and oxygen atoms in total. The van der Waals surface area contributed by atoms with E-state index in [1.807, 2.05) is 0 Å². The van der Waals surface area contributed by atoms with Gasteiger partial charge in [0.05, 0.1) is 24.8 Å². The van der Waals surface area contributed by atoms with E-state index in [0.717, 1.165) is 30.6 Å². The molecule has 0 unspecified atom stereocenters. The zero-order valence-corrected chi connectivity index (χ0v) is 16.6. The average Bonchev–Trinajstić information content (AvgIpc) is 3.00. The van der Waals surface area contributed by atoms with Crippen LogP contribution in [0.25, 0.3) is 0 Å². The van der Waals surface area contributed by atoms with Gasteiger partial charge in [-0.05, 0) is 43.5 Å². The topological polar surface area (TPSA) is 99.2 Å². The number of piperidine rings is 1. The third-order valence-corrected chi connectivity index (χ3v) is 6.51. The van der Waals surface area contributed by atoms with Crippen LogP contribution < -0.4 is 15.0 Å². The second-order valence-corrected chi connectivity index (χ2v) is 8.21. The van der Waals surface area contributed by atoms with Gasteiger partial charge in [-0.25, -0.2) is 9.69 Å². The summed E-state index contributed by atoms with van der Waals surface area (Å²) in [6.45, 7) is 1.01. The number of carbonyl (C=O) groups is 3. The summed E-state index contributed by atoms with van der Waals surface area (Å²) in [5.74, 6) is 0.131. The summed E-state index contributed by atoms with van der Waals surface area (Å²) >= 11 is 0. The lowest BCUT2D eigenvalue weighted by Crippen LogP contribution is -2.55. The first kappa shape index (κ1) is 19.7. The predicted molar refractivity (Wildman–Crippen MR) is 106 cm³/mol. The van der Waals surface area contributed by atoms with Crippen molar-refractivity contribution in [2.75, 3.05) is 25.1 Å². The summed E-state index contributed by atoms with van der Waals surface area (Å²) in [7, 11) is 1.54. The zero-order valence-electron chi connectivity index (χ0n) is 16.6. The number of benzene rings is 1. The minimum Gasteiger partial charge on any atom is -0.497 e. The number of hydrogen-bond acceptors (Lipinski definition) is 5. The second kappa shape index (κ2) is 7.67. The molecule has 2 heterocycles. The van der Waals surface area contributed by atoms with Crippen molar-refractivity contribution >= 4 is 23.5 Å². The molecule has 156 valence electrons. The number of hydrogen-bond donors (Lipinski definition) is 2. The third kappa shape index (κ3) is 3.69. The molecule has 2 N–H and O–H groups in total. The number of amides is 4. The first-order chi connectivity index (χ1) is 13.9. The van der Waals surface area contributed by atoms with Crippen molar-refractivity contribution in [3.63, 3.8) is 0 Å². The number of imide groups is 1. The quantitative estimate of drug-likeness (QED) is 0.748. The fourth-order valence-corrected chi connectivity index (χ4v) is 4.75. The Morgan fingerprint density at radius 3 is 2.72 bits per heavy atom. The van der Waals surface area contributed by atoms with Gasteiger partial charge < -0.3 is 20.1 Å². The Morgan fingerprint density at radius 1 is 1.24 bits per heavy atom. The molecule has 8 heteroatoms. The molecule has 0 radical (unpaired) electrons. The molecule has 2 aliphatic heterocycles. The fourth-order valence-electron chi connectivity index (χ4n) is 4.75. The van der Waals surface area contributed by atoms with Crippen molar-refractivity contribution < 1.29 is 24.2 Å². The number of rotatable bonds is 4. The summed E-state index contributed by atoms with van der Waals surface area (Å²) in [4.78, 5) is 40.7. The first-order valence-electron chi connectivity index (χ1n) is 10.2. The van der Waals surface area contributed by atoms with Crippen molar-refractivity contribution in [1.82, 2.24) is 10.2 Å². The first-order valence-corrected chi connectivity index (χ1v) is 10.2. The highest BCUT2D eigenvalue weighted by Gasteiger charge is 2.45. The number of anilines is 1. The van der Waals surface area contributed by atoms with E-state index in [1.165, 1.54) is 0 Å². The second-order valence-electron chi connectivity index (χ2n) is 8.21. The lowest BCUT2D eigenvalue weighted by molar-refractivity contribution is -0.144. The molecule has 2 saturated heterocycles. The summed E-state index contributed by atoms with van der Waals surface area (Å²) in [6.07, 6.45) is 4.33. The van der Waals surface area contributed by atoms with Gasteiger partial charge in [0.15, 0.2) is 0 Å². The molecule has 3 fully saturated rings. The molecule has 3 atom stereocenters. The van der Waals surface area contributed by atoms with Crippen molar-refractivity contribution in [3.05, 3.63) is 24.3 Å². The maximum absolute atomic E-state index is 12.8. The monoisotopic (exact) mass is 401 g/mol. The third-order valence-electron chi connectivity index (χ3n) is 6.51. The van der Waals surface area contributed by atoms with Gasteiger partial charge in [-0.15, -0.1) is 0 Å². The Hall–Kier alpha value is -2.61. The van der Waals surface area contributed by atoms with E-state index in [4.69, 9.17) is 4.74 Å². The number of nitrogens with zero attached hydrogens (tertiary/aromatic N) is 2. The number of ether oxygens (including phenoxy) is 1. The average molecular weight is 401 g/mol. The van der Waals surface area contributed by atoms with Gasteiger partial charge in [0.2, 0.25) is 5.91 Å². The number of carbonyl (C=O) groups excluding carboxylic acids is 3. The summed E-state index contributed by atoms with van der Waals surface area (Å²) in [5, 5.41) is 13.4. The molecule has 29 heavy (non-hydrogen) atoms. The SMILES string of the molecule is COc1ccc(N2C(=O)N[C@H](CC(=O)N3CC[C@]4(O)CCCC[C@H]4C3)C2=O)cc1. The molecule has 0 aromatic heterocycles. The number of methoxy groups -OCH3 is 1. The maximum Gasteiger partial charge on any atom is 0.329 e. The molecule has 4 amide bonds. The molecule has 1 saturated carbocycles. The van der Waals surface area contributed by atoms with Crippen LogP contribution in [-0.4, -0.2) is 59.7 Å². The molecule has 3 aliphatic rings. The van der Waals surface area contributed by atoms with Crippen LogP contribution in [-0.2, 0) is 9.59 Å². The van der Waals surface area contributed by atoms with Crippen LogP contribution in [0, 0.1) is 5.92 Å². The van der Waals surface area contributed by atoms with Gasteiger partial charge in [0, 0.05) is 19.0 Å². The van der Waals surface area contributed by atoms with Crippen LogP contribution in [0.5, 0.6) is 5.75 Å². The van der Waals surface area contributed by atoms with Gasteiger partial charge in [-0.3, -0.25) is 9.59 Å². The normalized spacial score (nSPS) is 29.4. The minimum atomic E-state index is -0.871. The van der Waals surface area contributed by atoms with E-state index in [2.05, 4.69) is 5.32 Å². The maximum atomic E-state index is 12.8. The van der Waals surface area contributed by atoms with Crippen LogP contribution in [0.3, 0.4) is 0 Å². The van der Waals surface area contributed by atoms with Crippen LogP contribution in [0.1, 0.15) is 38.5 Å². The highest BCUT2D eigenvalue weighted by molar-refractivity contribution is 6.22. The molecular weight excluding hydrogens is 374 g/mol. The van der Waals surface area contributed by atoms with Gasteiger partial charge >= 0.3 is 6.03 Å². The number of likely N-dealkylation sites (tertiary alicyclic amines) is 1. The molecule has 1 aliphatic carbocycles. The Labute approximate surface area is 169 Å². The molecule has 0 spiro atoms. The van der Waals surface area contributed by atoms with Crippen molar-refractivity contribution in [1.29, 1.82) is 0 Å².